The van der Waals surface area contributed by atoms with Crippen molar-refractivity contribution in [3.63, 3.8) is 0 Å². The van der Waals surface area contributed by atoms with Gasteiger partial charge in [-0.15, -0.1) is 0 Å². The fourth-order valence-corrected chi connectivity index (χ4v) is 2.91. The Labute approximate surface area is 127 Å². The molecule has 20 heavy (non-hydrogen) atoms. The fraction of sp³-hybridized carbons (Fsp3) is 0.400. The molecule has 0 bridgehead atoms. The molecule has 1 aromatic carbocycles. The number of aryl methyl sites for hydroxylation is 2. The number of rotatable bonds is 5. The maximum atomic E-state index is 13.2. The zero-order valence-electron chi connectivity index (χ0n) is 11.7. The average Bonchev–Trinajstić information content (AvgIpc) is 2.64. The van der Waals surface area contributed by atoms with E-state index < -0.39 is 0 Å². The molecule has 0 spiro atoms. The molecule has 5 heteroatoms. The van der Waals surface area contributed by atoms with Crippen molar-refractivity contribution in [3.05, 3.63) is 51.5 Å². The van der Waals surface area contributed by atoms with Gasteiger partial charge in [-0.05, 0) is 65.9 Å². The summed E-state index contributed by atoms with van der Waals surface area (Å²) in [4.78, 5) is 0. The first kappa shape index (κ1) is 15.2. The van der Waals surface area contributed by atoms with Crippen LogP contribution >= 0.6 is 15.9 Å². The van der Waals surface area contributed by atoms with Gasteiger partial charge < -0.3 is 5.73 Å². The van der Waals surface area contributed by atoms with Gasteiger partial charge in [-0.2, -0.15) is 5.10 Å². The van der Waals surface area contributed by atoms with Crippen LogP contribution in [0.25, 0.3) is 0 Å². The standard InChI is InChI=1S/C15H19BrFN3/c1-10-15(16)14(20(2)19-10)8-12(9-18)6-11-4-3-5-13(17)7-11/h3-5,7,12H,6,8-9,18H2,1-2H3. The number of aromatic nitrogens is 2. The van der Waals surface area contributed by atoms with Crippen molar-refractivity contribution in [2.75, 3.05) is 6.54 Å². The third kappa shape index (κ3) is 3.46. The van der Waals surface area contributed by atoms with Crippen molar-refractivity contribution in [2.24, 2.45) is 18.7 Å². The molecule has 2 aromatic rings. The SMILES string of the molecule is Cc1nn(C)c(CC(CN)Cc2cccc(F)c2)c1Br. The molecule has 2 rings (SSSR count). The molecule has 1 heterocycles. The molecule has 0 aliphatic heterocycles. The van der Waals surface area contributed by atoms with E-state index in [9.17, 15) is 4.39 Å². The van der Waals surface area contributed by atoms with E-state index in [0.29, 0.717) is 6.54 Å². The second-order valence-electron chi connectivity index (χ2n) is 5.11. The van der Waals surface area contributed by atoms with Gasteiger partial charge in [-0.3, -0.25) is 4.68 Å². The van der Waals surface area contributed by atoms with Crippen molar-refractivity contribution >= 4 is 15.9 Å². The van der Waals surface area contributed by atoms with Crippen LogP contribution in [0.5, 0.6) is 0 Å². The molecule has 0 radical (unpaired) electrons. The second-order valence-corrected chi connectivity index (χ2v) is 5.90. The molecule has 0 aliphatic rings. The minimum Gasteiger partial charge on any atom is -0.330 e. The molecule has 1 unspecified atom stereocenters. The summed E-state index contributed by atoms with van der Waals surface area (Å²) in [6, 6.07) is 6.71. The van der Waals surface area contributed by atoms with Gasteiger partial charge in [0.05, 0.1) is 15.9 Å². The largest absolute Gasteiger partial charge is 0.330 e. The second kappa shape index (κ2) is 6.50. The smallest absolute Gasteiger partial charge is 0.123 e. The molecule has 0 amide bonds. The van der Waals surface area contributed by atoms with Crippen LogP contribution in [0.1, 0.15) is 17.0 Å². The summed E-state index contributed by atoms with van der Waals surface area (Å²) in [6.07, 6.45) is 1.59. The van der Waals surface area contributed by atoms with Crippen molar-refractivity contribution < 1.29 is 4.39 Å². The lowest BCUT2D eigenvalue weighted by atomic mass is 9.94. The van der Waals surface area contributed by atoms with Crippen molar-refractivity contribution in [1.82, 2.24) is 9.78 Å². The Morgan fingerprint density at radius 1 is 1.40 bits per heavy atom. The molecule has 1 aromatic heterocycles. The molecule has 108 valence electrons. The average molecular weight is 340 g/mol. The van der Waals surface area contributed by atoms with E-state index in [1.54, 1.807) is 12.1 Å². The minimum absolute atomic E-state index is 0.198. The third-order valence-corrected chi connectivity index (χ3v) is 4.52. The Morgan fingerprint density at radius 2 is 2.15 bits per heavy atom. The Bertz CT molecular complexity index is 595. The highest BCUT2D eigenvalue weighted by Crippen LogP contribution is 2.24. The normalized spacial score (nSPS) is 12.7. The molecule has 0 fully saturated rings. The summed E-state index contributed by atoms with van der Waals surface area (Å²) < 4.78 is 16.1. The zero-order chi connectivity index (χ0) is 14.7. The van der Waals surface area contributed by atoms with E-state index in [2.05, 4.69) is 21.0 Å². The van der Waals surface area contributed by atoms with Crippen LogP contribution in [0, 0.1) is 18.7 Å². The lowest BCUT2D eigenvalue weighted by Gasteiger charge is -2.15. The maximum absolute atomic E-state index is 13.2. The van der Waals surface area contributed by atoms with E-state index in [1.165, 1.54) is 6.07 Å². The monoisotopic (exact) mass is 339 g/mol. The van der Waals surface area contributed by atoms with E-state index in [1.807, 2.05) is 24.7 Å². The lowest BCUT2D eigenvalue weighted by molar-refractivity contribution is 0.508. The van der Waals surface area contributed by atoms with E-state index in [-0.39, 0.29) is 11.7 Å². The summed E-state index contributed by atoms with van der Waals surface area (Å²) in [5, 5.41) is 4.39. The van der Waals surface area contributed by atoms with Gasteiger partial charge >= 0.3 is 0 Å². The quantitative estimate of drug-likeness (QED) is 0.909. The molecule has 0 saturated heterocycles. The molecular weight excluding hydrogens is 321 g/mol. The summed E-state index contributed by atoms with van der Waals surface area (Å²) in [5.74, 6) is 0.0683. The Morgan fingerprint density at radius 3 is 2.70 bits per heavy atom. The number of nitrogens with zero attached hydrogens (tertiary/aromatic N) is 2. The predicted octanol–water partition coefficient (Wildman–Crippen LogP) is 2.99. The van der Waals surface area contributed by atoms with E-state index in [0.717, 1.165) is 34.3 Å². The number of hydrogen-bond acceptors (Lipinski definition) is 2. The van der Waals surface area contributed by atoms with Crippen LogP contribution in [0.3, 0.4) is 0 Å². The summed E-state index contributed by atoms with van der Waals surface area (Å²) in [7, 11) is 1.93. The highest BCUT2D eigenvalue weighted by molar-refractivity contribution is 9.10. The number of hydrogen-bond donors (Lipinski definition) is 1. The van der Waals surface area contributed by atoms with Crippen molar-refractivity contribution in [2.45, 2.75) is 19.8 Å². The van der Waals surface area contributed by atoms with Crippen molar-refractivity contribution in [3.8, 4) is 0 Å². The predicted molar refractivity (Wildman–Crippen MR) is 82.0 cm³/mol. The highest BCUT2D eigenvalue weighted by atomic mass is 79.9. The van der Waals surface area contributed by atoms with Crippen LogP contribution < -0.4 is 5.73 Å². The van der Waals surface area contributed by atoms with Crippen LogP contribution in [0.2, 0.25) is 0 Å². The molecule has 0 aliphatic carbocycles. The molecule has 3 nitrogen and oxygen atoms in total. The third-order valence-electron chi connectivity index (χ3n) is 3.49. The Hall–Kier alpha value is -1.20. The maximum Gasteiger partial charge on any atom is 0.123 e. The van der Waals surface area contributed by atoms with Gasteiger partial charge in [-0.25, -0.2) is 4.39 Å². The molecule has 2 N–H and O–H groups in total. The number of halogens is 2. The Kier molecular flexibility index (Phi) is 4.94. The lowest BCUT2D eigenvalue weighted by Crippen LogP contribution is -2.21. The van der Waals surface area contributed by atoms with Crippen LogP contribution in [-0.2, 0) is 19.9 Å². The molecule has 1 atom stereocenters. The number of benzene rings is 1. The number of nitrogens with two attached hydrogens (primary N) is 1. The first-order valence-corrected chi connectivity index (χ1v) is 7.43. The molecular formula is C15H19BrFN3. The first-order chi connectivity index (χ1) is 9.51. The van der Waals surface area contributed by atoms with Gasteiger partial charge in [0.25, 0.3) is 0 Å². The van der Waals surface area contributed by atoms with Gasteiger partial charge in [0.1, 0.15) is 5.82 Å². The van der Waals surface area contributed by atoms with E-state index in [4.69, 9.17) is 5.73 Å². The summed E-state index contributed by atoms with van der Waals surface area (Å²) in [5.41, 5.74) is 8.97. The van der Waals surface area contributed by atoms with Crippen molar-refractivity contribution in [1.29, 1.82) is 0 Å². The van der Waals surface area contributed by atoms with Crippen LogP contribution in [-0.4, -0.2) is 16.3 Å². The van der Waals surface area contributed by atoms with Gasteiger partial charge in [0.2, 0.25) is 0 Å². The van der Waals surface area contributed by atoms with Crippen LogP contribution in [0.4, 0.5) is 4.39 Å². The van der Waals surface area contributed by atoms with Crippen LogP contribution in [0.15, 0.2) is 28.7 Å². The van der Waals surface area contributed by atoms with Gasteiger partial charge in [0, 0.05) is 7.05 Å². The topological polar surface area (TPSA) is 43.8 Å². The first-order valence-electron chi connectivity index (χ1n) is 6.63. The van der Waals surface area contributed by atoms with Gasteiger partial charge in [-0.1, -0.05) is 12.1 Å². The highest BCUT2D eigenvalue weighted by Gasteiger charge is 2.16. The Balaban J connectivity index is 2.13. The summed E-state index contributed by atoms with van der Waals surface area (Å²) in [6.45, 7) is 2.53. The zero-order valence-corrected chi connectivity index (χ0v) is 13.3. The minimum atomic E-state index is -0.198. The molecule has 0 saturated carbocycles. The summed E-state index contributed by atoms with van der Waals surface area (Å²) >= 11 is 3.57. The van der Waals surface area contributed by atoms with Gasteiger partial charge in [0.15, 0.2) is 0 Å². The fourth-order valence-electron chi connectivity index (χ4n) is 2.41. The van der Waals surface area contributed by atoms with E-state index >= 15 is 0 Å².